The molecule has 0 bridgehead atoms. The van der Waals surface area contributed by atoms with Gasteiger partial charge in [-0.3, -0.25) is 4.79 Å². The standard InChI is InChI=1S/C21H28N4O/c1-15-6-5-7-18(21(2,3)4)17(15)9-8-16-12-23-20(24-13-16)25-11-10-22-19(26)14-25/h5-7,12-13H,8-11,14H2,1-4H3,(H,22,26). The van der Waals surface area contributed by atoms with Crippen LogP contribution in [0.2, 0.25) is 0 Å². The van der Waals surface area contributed by atoms with E-state index in [0.717, 1.165) is 24.9 Å². The topological polar surface area (TPSA) is 58.1 Å². The van der Waals surface area contributed by atoms with Crippen molar-refractivity contribution in [2.75, 3.05) is 24.5 Å². The molecule has 1 aromatic carbocycles. The Hall–Kier alpha value is -2.43. The van der Waals surface area contributed by atoms with Gasteiger partial charge in [0.05, 0.1) is 6.54 Å². The zero-order valence-corrected chi connectivity index (χ0v) is 16.2. The average molecular weight is 352 g/mol. The maximum atomic E-state index is 11.5. The zero-order chi connectivity index (χ0) is 18.7. The SMILES string of the molecule is Cc1cccc(C(C)(C)C)c1CCc1cnc(N2CCNC(=O)C2)nc1. The molecular weight excluding hydrogens is 324 g/mol. The normalized spacial score (nSPS) is 15.1. The molecule has 26 heavy (non-hydrogen) atoms. The molecule has 0 radical (unpaired) electrons. The summed E-state index contributed by atoms with van der Waals surface area (Å²) in [5.41, 5.74) is 5.44. The number of carbonyl (C=O) groups is 1. The zero-order valence-electron chi connectivity index (χ0n) is 16.2. The van der Waals surface area contributed by atoms with Crippen LogP contribution in [0, 0.1) is 6.92 Å². The van der Waals surface area contributed by atoms with Crippen LogP contribution in [0.5, 0.6) is 0 Å². The summed E-state index contributed by atoms with van der Waals surface area (Å²) in [6, 6.07) is 6.57. The molecule has 5 nitrogen and oxygen atoms in total. The van der Waals surface area contributed by atoms with Gasteiger partial charge in [-0.2, -0.15) is 0 Å². The maximum Gasteiger partial charge on any atom is 0.239 e. The molecule has 3 rings (SSSR count). The van der Waals surface area contributed by atoms with Crippen LogP contribution in [0.15, 0.2) is 30.6 Å². The van der Waals surface area contributed by atoms with Gasteiger partial charge in [-0.15, -0.1) is 0 Å². The average Bonchev–Trinajstić information content (AvgIpc) is 2.60. The molecule has 1 aromatic heterocycles. The first-order chi connectivity index (χ1) is 12.3. The Balaban J connectivity index is 1.70. The number of amides is 1. The third-order valence-electron chi connectivity index (χ3n) is 4.89. The lowest BCUT2D eigenvalue weighted by Gasteiger charge is -2.26. The van der Waals surface area contributed by atoms with E-state index in [1.54, 1.807) is 0 Å². The number of benzene rings is 1. The van der Waals surface area contributed by atoms with Gasteiger partial charge in [-0.1, -0.05) is 39.0 Å². The van der Waals surface area contributed by atoms with Crippen LogP contribution in [0.4, 0.5) is 5.95 Å². The second-order valence-corrected chi connectivity index (χ2v) is 8.01. The van der Waals surface area contributed by atoms with Gasteiger partial charge >= 0.3 is 0 Å². The predicted molar refractivity (Wildman–Crippen MR) is 105 cm³/mol. The van der Waals surface area contributed by atoms with Crippen LogP contribution in [-0.2, 0) is 23.1 Å². The first kappa shape index (κ1) is 18.4. The Morgan fingerprint density at radius 1 is 1.15 bits per heavy atom. The molecule has 2 heterocycles. The molecule has 1 N–H and O–H groups in total. The van der Waals surface area contributed by atoms with Crippen LogP contribution >= 0.6 is 0 Å². The molecule has 0 unspecified atom stereocenters. The lowest BCUT2D eigenvalue weighted by atomic mass is 9.81. The number of carbonyl (C=O) groups excluding carboxylic acids is 1. The second-order valence-electron chi connectivity index (χ2n) is 8.01. The minimum absolute atomic E-state index is 0.0261. The summed E-state index contributed by atoms with van der Waals surface area (Å²) in [4.78, 5) is 22.4. The molecule has 0 atom stereocenters. The van der Waals surface area contributed by atoms with Crippen molar-refractivity contribution in [2.24, 2.45) is 0 Å². The second kappa shape index (κ2) is 7.44. The van der Waals surface area contributed by atoms with E-state index in [2.05, 4.69) is 61.2 Å². The van der Waals surface area contributed by atoms with Crippen molar-refractivity contribution in [1.82, 2.24) is 15.3 Å². The molecule has 0 aliphatic carbocycles. The summed E-state index contributed by atoms with van der Waals surface area (Å²) in [6.07, 6.45) is 5.68. The van der Waals surface area contributed by atoms with Gasteiger partial charge in [-0.05, 0) is 47.4 Å². The summed E-state index contributed by atoms with van der Waals surface area (Å²) >= 11 is 0. The number of nitrogens with one attached hydrogen (secondary N) is 1. The molecule has 1 amide bonds. The van der Waals surface area contributed by atoms with E-state index >= 15 is 0 Å². The van der Waals surface area contributed by atoms with Gasteiger partial charge in [0.25, 0.3) is 0 Å². The highest BCUT2D eigenvalue weighted by molar-refractivity contribution is 5.81. The fourth-order valence-corrected chi connectivity index (χ4v) is 3.46. The number of anilines is 1. The Labute approximate surface area is 155 Å². The lowest BCUT2D eigenvalue weighted by molar-refractivity contribution is -0.120. The van der Waals surface area contributed by atoms with Crippen LogP contribution in [0.1, 0.15) is 43.0 Å². The summed E-state index contributed by atoms with van der Waals surface area (Å²) < 4.78 is 0. The molecule has 1 aliphatic rings. The minimum Gasteiger partial charge on any atom is -0.353 e. The fraction of sp³-hybridized carbons (Fsp3) is 0.476. The fourth-order valence-electron chi connectivity index (χ4n) is 3.46. The van der Waals surface area contributed by atoms with Gasteiger partial charge in [0.15, 0.2) is 0 Å². The van der Waals surface area contributed by atoms with Gasteiger partial charge in [0.1, 0.15) is 0 Å². The summed E-state index contributed by atoms with van der Waals surface area (Å²) in [6.45, 7) is 10.7. The lowest BCUT2D eigenvalue weighted by Crippen LogP contribution is -2.48. The summed E-state index contributed by atoms with van der Waals surface area (Å²) in [5, 5.41) is 2.82. The van der Waals surface area contributed by atoms with E-state index < -0.39 is 0 Å². The van der Waals surface area contributed by atoms with Gasteiger partial charge in [-0.25, -0.2) is 9.97 Å². The number of aryl methyl sites for hydroxylation is 2. The highest BCUT2D eigenvalue weighted by Gasteiger charge is 2.20. The number of hydrogen-bond donors (Lipinski definition) is 1. The highest BCUT2D eigenvalue weighted by Crippen LogP contribution is 2.28. The quantitative estimate of drug-likeness (QED) is 0.919. The van der Waals surface area contributed by atoms with Crippen molar-refractivity contribution in [2.45, 2.75) is 46.0 Å². The summed E-state index contributed by atoms with van der Waals surface area (Å²) in [5.74, 6) is 0.660. The van der Waals surface area contributed by atoms with E-state index in [1.165, 1.54) is 16.7 Å². The van der Waals surface area contributed by atoms with Crippen LogP contribution < -0.4 is 10.2 Å². The van der Waals surface area contributed by atoms with E-state index in [4.69, 9.17) is 0 Å². The van der Waals surface area contributed by atoms with Crippen molar-refractivity contribution in [3.63, 3.8) is 0 Å². The van der Waals surface area contributed by atoms with E-state index in [-0.39, 0.29) is 11.3 Å². The van der Waals surface area contributed by atoms with Crippen molar-refractivity contribution in [1.29, 1.82) is 0 Å². The van der Waals surface area contributed by atoms with Gasteiger partial charge in [0, 0.05) is 25.5 Å². The highest BCUT2D eigenvalue weighted by atomic mass is 16.2. The first-order valence-corrected chi connectivity index (χ1v) is 9.26. The molecule has 1 saturated heterocycles. The van der Waals surface area contributed by atoms with Crippen molar-refractivity contribution < 1.29 is 4.79 Å². The smallest absolute Gasteiger partial charge is 0.239 e. The van der Waals surface area contributed by atoms with Crippen LogP contribution in [0.3, 0.4) is 0 Å². The first-order valence-electron chi connectivity index (χ1n) is 9.26. The molecule has 138 valence electrons. The predicted octanol–water partition coefficient (Wildman–Crippen LogP) is 2.80. The summed E-state index contributed by atoms with van der Waals surface area (Å²) in [7, 11) is 0. The number of hydrogen-bond acceptors (Lipinski definition) is 4. The molecular formula is C21H28N4O. The molecule has 1 aliphatic heterocycles. The molecule has 5 heteroatoms. The third-order valence-corrected chi connectivity index (χ3v) is 4.89. The Morgan fingerprint density at radius 3 is 2.54 bits per heavy atom. The van der Waals surface area contributed by atoms with Gasteiger partial charge in [0.2, 0.25) is 11.9 Å². The monoisotopic (exact) mass is 352 g/mol. The molecule has 1 fully saturated rings. The molecule has 2 aromatic rings. The Morgan fingerprint density at radius 2 is 1.88 bits per heavy atom. The van der Waals surface area contributed by atoms with Crippen LogP contribution in [-0.4, -0.2) is 35.5 Å². The van der Waals surface area contributed by atoms with Crippen LogP contribution in [0.25, 0.3) is 0 Å². The van der Waals surface area contributed by atoms with Gasteiger partial charge < -0.3 is 10.2 Å². The minimum atomic E-state index is 0.0261. The molecule has 0 saturated carbocycles. The number of aromatic nitrogens is 2. The Kier molecular flexibility index (Phi) is 5.25. The number of rotatable bonds is 4. The van der Waals surface area contributed by atoms with E-state index in [9.17, 15) is 4.79 Å². The maximum absolute atomic E-state index is 11.5. The van der Waals surface area contributed by atoms with Crippen molar-refractivity contribution in [3.05, 3.63) is 52.8 Å². The van der Waals surface area contributed by atoms with E-state index in [1.807, 2.05) is 17.3 Å². The Bertz CT molecular complexity index is 778. The molecule has 0 spiro atoms. The van der Waals surface area contributed by atoms with Crippen molar-refractivity contribution in [3.8, 4) is 0 Å². The number of piperazine rings is 1. The van der Waals surface area contributed by atoms with E-state index in [0.29, 0.717) is 19.0 Å². The number of nitrogens with zero attached hydrogens (tertiary/aromatic N) is 3. The third kappa shape index (κ3) is 4.21. The largest absolute Gasteiger partial charge is 0.353 e. The van der Waals surface area contributed by atoms with Crippen molar-refractivity contribution >= 4 is 11.9 Å².